The molecule has 5 heteroatoms. The maximum atomic E-state index is 11.0. The van der Waals surface area contributed by atoms with Crippen molar-refractivity contribution in [2.24, 2.45) is 5.73 Å². The van der Waals surface area contributed by atoms with E-state index >= 15 is 0 Å². The first-order valence-electron chi connectivity index (χ1n) is 4.61. The lowest BCUT2D eigenvalue weighted by molar-refractivity contribution is -0.480. The highest BCUT2D eigenvalue weighted by molar-refractivity contribution is 5.94. The number of hydrogen-bond donors (Lipinski definition) is 1. The summed E-state index contributed by atoms with van der Waals surface area (Å²) in [6, 6.07) is 6.90. The molecule has 0 aliphatic rings. The first kappa shape index (κ1) is 11.2. The Labute approximate surface area is 87.0 Å². The summed E-state index contributed by atoms with van der Waals surface area (Å²) in [5.74, 6) is -0.494. The van der Waals surface area contributed by atoms with Crippen LogP contribution in [0.2, 0.25) is 0 Å². The minimum atomic E-state index is -0.494. The third-order valence-corrected chi connectivity index (χ3v) is 2.07. The van der Waals surface area contributed by atoms with Crippen molar-refractivity contribution >= 4 is 5.91 Å². The van der Waals surface area contributed by atoms with Gasteiger partial charge in [-0.1, -0.05) is 18.2 Å². The highest BCUT2D eigenvalue weighted by Gasteiger charge is 2.07. The number of amides is 1. The molecule has 0 saturated heterocycles. The van der Waals surface area contributed by atoms with Gasteiger partial charge in [-0.2, -0.15) is 0 Å². The van der Waals surface area contributed by atoms with Crippen LogP contribution in [0.25, 0.3) is 0 Å². The van der Waals surface area contributed by atoms with Crippen LogP contribution in [0.15, 0.2) is 24.3 Å². The summed E-state index contributed by atoms with van der Waals surface area (Å²) in [5.41, 5.74) is 6.39. The Morgan fingerprint density at radius 2 is 2.07 bits per heavy atom. The van der Waals surface area contributed by atoms with E-state index in [4.69, 9.17) is 5.73 Å². The Morgan fingerprint density at radius 1 is 1.40 bits per heavy atom. The van der Waals surface area contributed by atoms with E-state index in [1.54, 1.807) is 24.3 Å². The third kappa shape index (κ3) is 3.38. The van der Waals surface area contributed by atoms with Crippen molar-refractivity contribution in [1.82, 2.24) is 0 Å². The summed E-state index contributed by atoms with van der Waals surface area (Å²) in [7, 11) is 0. The van der Waals surface area contributed by atoms with Crippen LogP contribution in [0.5, 0.6) is 0 Å². The van der Waals surface area contributed by atoms with Crippen LogP contribution in [0.4, 0.5) is 0 Å². The lowest BCUT2D eigenvalue weighted by Gasteiger charge is -2.04. The molecule has 80 valence electrons. The fourth-order valence-corrected chi connectivity index (χ4v) is 1.38. The van der Waals surface area contributed by atoms with Gasteiger partial charge in [-0.15, -0.1) is 0 Å². The molecular formula is C10H12N2O3. The smallest absolute Gasteiger partial charge is 0.248 e. The molecule has 0 aromatic heterocycles. The maximum absolute atomic E-state index is 11.0. The summed E-state index contributed by atoms with van der Waals surface area (Å²) in [4.78, 5) is 20.8. The van der Waals surface area contributed by atoms with Gasteiger partial charge in [0, 0.05) is 16.9 Å². The van der Waals surface area contributed by atoms with Crippen LogP contribution in [-0.2, 0) is 6.42 Å². The Hall–Kier alpha value is -1.91. The van der Waals surface area contributed by atoms with Crippen molar-refractivity contribution in [1.29, 1.82) is 0 Å². The molecule has 5 nitrogen and oxygen atoms in total. The second kappa shape index (κ2) is 5.09. The fraction of sp³-hybridized carbons (Fsp3) is 0.300. The molecule has 0 atom stereocenters. The number of nitrogens with two attached hydrogens (primary N) is 1. The molecule has 0 unspecified atom stereocenters. The second-order valence-corrected chi connectivity index (χ2v) is 3.18. The largest absolute Gasteiger partial charge is 0.366 e. The molecule has 0 heterocycles. The number of benzene rings is 1. The highest BCUT2D eigenvalue weighted by Crippen LogP contribution is 2.10. The quantitative estimate of drug-likeness (QED) is 0.578. The zero-order valence-electron chi connectivity index (χ0n) is 8.18. The summed E-state index contributed by atoms with van der Waals surface area (Å²) < 4.78 is 0. The van der Waals surface area contributed by atoms with Crippen LogP contribution in [0.3, 0.4) is 0 Å². The van der Waals surface area contributed by atoms with E-state index in [-0.39, 0.29) is 11.5 Å². The van der Waals surface area contributed by atoms with E-state index in [1.165, 1.54) is 0 Å². The van der Waals surface area contributed by atoms with E-state index in [2.05, 4.69) is 0 Å². The van der Waals surface area contributed by atoms with Gasteiger partial charge in [0.05, 0.1) is 0 Å². The van der Waals surface area contributed by atoms with Crippen molar-refractivity contribution in [3.8, 4) is 0 Å². The average Bonchev–Trinajstić information content (AvgIpc) is 2.17. The Bertz CT molecular complexity index is 377. The van der Waals surface area contributed by atoms with Gasteiger partial charge in [0.2, 0.25) is 12.5 Å². The van der Waals surface area contributed by atoms with Crippen LogP contribution >= 0.6 is 0 Å². The number of nitro groups is 1. The summed E-state index contributed by atoms with van der Waals surface area (Å²) in [5, 5.41) is 10.1. The SMILES string of the molecule is NC(=O)c1ccccc1CCC[N+](=O)[O-]. The van der Waals surface area contributed by atoms with Gasteiger partial charge in [0.15, 0.2) is 0 Å². The van der Waals surface area contributed by atoms with E-state index in [1.807, 2.05) is 0 Å². The molecule has 1 amide bonds. The van der Waals surface area contributed by atoms with E-state index < -0.39 is 5.91 Å². The molecule has 0 radical (unpaired) electrons. The molecule has 0 aliphatic carbocycles. The molecule has 0 saturated carbocycles. The predicted molar refractivity (Wildman–Crippen MR) is 55.1 cm³/mol. The number of aryl methyl sites for hydroxylation is 1. The molecule has 0 aliphatic heterocycles. The van der Waals surface area contributed by atoms with Crippen LogP contribution in [-0.4, -0.2) is 17.4 Å². The van der Waals surface area contributed by atoms with E-state index in [9.17, 15) is 14.9 Å². The molecule has 1 aromatic carbocycles. The molecule has 0 fully saturated rings. The Balaban J connectivity index is 2.67. The van der Waals surface area contributed by atoms with Gasteiger partial charge in [-0.05, 0) is 18.1 Å². The standard InChI is InChI=1S/C10H12N2O3/c11-10(13)9-6-2-1-4-8(9)5-3-7-12(14)15/h1-2,4,6H,3,5,7H2,(H2,11,13). The Kier molecular flexibility index (Phi) is 3.79. The summed E-state index contributed by atoms with van der Waals surface area (Å²) in [6.45, 7) is -0.0902. The highest BCUT2D eigenvalue weighted by atomic mass is 16.6. The van der Waals surface area contributed by atoms with Crippen LogP contribution in [0, 0.1) is 10.1 Å². The number of primary amides is 1. The molecule has 0 bridgehead atoms. The predicted octanol–water partition coefficient (Wildman–Crippen LogP) is 0.995. The molecular weight excluding hydrogens is 196 g/mol. The fourth-order valence-electron chi connectivity index (χ4n) is 1.38. The summed E-state index contributed by atoms with van der Waals surface area (Å²) >= 11 is 0. The monoisotopic (exact) mass is 208 g/mol. The van der Waals surface area contributed by atoms with Crippen molar-refractivity contribution in [2.45, 2.75) is 12.8 Å². The van der Waals surface area contributed by atoms with Crippen LogP contribution < -0.4 is 5.73 Å². The van der Waals surface area contributed by atoms with Crippen molar-refractivity contribution < 1.29 is 9.72 Å². The normalized spacial score (nSPS) is 9.87. The zero-order valence-corrected chi connectivity index (χ0v) is 8.18. The van der Waals surface area contributed by atoms with Gasteiger partial charge in [-0.25, -0.2) is 0 Å². The summed E-state index contributed by atoms with van der Waals surface area (Å²) in [6.07, 6.45) is 0.914. The van der Waals surface area contributed by atoms with E-state index in [0.717, 1.165) is 5.56 Å². The number of carbonyl (C=O) groups is 1. The lowest BCUT2D eigenvalue weighted by atomic mass is 10.0. The number of rotatable bonds is 5. The minimum absolute atomic E-state index is 0.0902. The average molecular weight is 208 g/mol. The van der Waals surface area contributed by atoms with Crippen molar-refractivity contribution in [2.75, 3.05) is 6.54 Å². The first-order valence-corrected chi connectivity index (χ1v) is 4.61. The first-order chi connectivity index (χ1) is 7.11. The second-order valence-electron chi connectivity index (χ2n) is 3.18. The maximum Gasteiger partial charge on any atom is 0.248 e. The Morgan fingerprint density at radius 3 is 2.67 bits per heavy atom. The number of nitrogens with zero attached hydrogens (tertiary/aromatic N) is 1. The van der Waals surface area contributed by atoms with Crippen molar-refractivity contribution in [3.63, 3.8) is 0 Å². The molecule has 2 N–H and O–H groups in total. The van der Waals surface area contributed by atoms with Gasteiger partial charge >= 0.3 is 0 Å². The van der Waals surface area contributed by atoms with Gasteiger partial charge in [0.1, 0.15) is 0 Å². The lowest BCUT2D eigenvalue weighted by Crippen LogP contribution is -2.14. The van der Waals surface area contributed by atoms with Gasteiger partial charge < -0.3 is 5.73 Å². The minimum Gasteiger partial charge on any atom is -0.366 e. The molecule has 15 heavy (non-hydrogen) atoms. The number of carbonyl (C=O) groups excluding carboxylic acids is 1. The van der Waals surface area contributed by atoms with Gasteiger partial charge in [-0.3, -0.25) is 14.9 Å². The zero-order chi connectivity index (χ0) is 11.3. The number of hydrogen-bond acceptors (Lipinski definition) is 3. The molecule has 1 aromatic rings. The van der Waals surface area contributed by atoms with Crippen molar-refractivity contribution in [3.05, 3.63) is 45.5 Å². The van der Waals surface area contributed by atoms with Crippen LogP contribution in [0.1, 0.15) is 22.3 Å². The van der Waals surface area contributed by atoms with E-state index in [0.29, 0.717) is 18.4 Å². The third-order valence-electron chi connectivity index (χ3n) is 2.07. The topological polar surface area (TPSA) is 86.2 Å². The molecule has 0 spiro atoms. The van der Waals surface area contributed by atoms with Gasteiger partial charge in [0.25, 0.3) is 0 Å². The molecule has 1 rings (SSSR count).